The monoisotopic (exact) mass is 235 g/mol. The van der Waals surface area contributed by atoms with Gasteiger partial charge in [0.25, 0.3) is 0 Å². The molecule has 1 N–H and O–H groups in total. The number of carbonyl (C=O) groups is 1. The molecule has 0 unspecified atom stereocenters. The van der Waals surface area contributed by atoms with E-state index in [1.165, 1.54) is 11.4 Å². The summed E-state index contributed by atoms with van der Waals surface area (Å²) in [4.78, 5) is 21.3. The predicted octanol–water partition coefficient (Wildman–Crippen LogP) is 2.22. The minimum Gasteiger partial charge on any atom is -0.348 e. The maximum atomic E-state index is 11.8. The number of piperidine rings is 1. The van der Waals surface area contributed by atoms with Crippen LogP contribution in [0.15, 0.2) is 6.33 Å². The molecule has 0 radical (unpaired) electrons. The summed E-state index contributed by atoms with van der Waals surface area (Å²) < 4.78 is 0. The molecule has 0 bridgehead atoms. The molecule has 0 aliphatic carbocycles. The van der Waals surface area contributed by atoms with Gasteiger partial charge in [-0.05, 0) is 26.2 Å². The van der Waals surface area contributed by atoms with Crippen molar-refractivity contribution in [3.05, 3.63) is 17.7 Å². The molecule has 1 aliphatic rings. The molecule has 4 nitrogen and oxygen atoms in total. The van der Waals surface area contributed by atoms with E-state index in [4.69, 9.17) is 0 Å². The molecular weight excluding hydrogens is 214 g/mol. The summed E-state index contributed by atoms with van der Waals surface area (Å²) in [7, 11) is 0. The molecule has 1 fully saturated rings. The maximum absolute atomic E-state index is 11.8. The molecule has 1 saturated heterocycles. The van der Waals surface area contributed by atoms with Crippen molar-refractivity contribution in [1.82, 2.24) is 14.9 Å². The van der Waals surface area contributed by atoms with E-state index in [2.05, 4.69) is 23.8 Å². The van der Waals surface area contributed by atoms with Crippen LogP contribution in [0.4, 0.5) is 0 Å². The molecule has 2 heterocycles. The fourth-order valence-corrected chi connectivity index (χ4v) is 2.56. The van der Waals surface area contributed by atoms with Crippen molar-refractivity contribution in [2.45, 2.75) is 45.4 Å². The number of carbonyl (C=O) groups excluding carboxylic acids is 1. The van der Waals surface area contributed by atoms with Crippen molar-refractivity contribution in [2.24, 2.45) is 0 Å². The van der Waals surface area contributed by atoms with Crippen LogP contribution in [0.3, 0.4) is 0 Å². The Labute approximate surface area is 102 Å². The molecule has 17 heavy (non-hydrogen) atoms. The number of H-pyrrole nitrogens is 1. The Balaban J connectivity index is 1.90. The molecule has 0 spiro atoms. The molecule has 0 saturated carbocycles. The number of rotatable bonds is 3. The number of aromatic amines is 1. The van der Waals surface area contributed by atoms with E-state index in [9.17, 15) is 4.79 Å². The smallest absolute Gasteiger partial charge is 0.222 e. The van der Waals surface area contributed by atoms with Crippen LogP contribution in [-0.2, 0) is 4.79 Å². The van der Waals surface area contributed by atoms with E-state index in [0.29, 0.717) is 18.2 Å². The molecule has 0 aromatic carbocycles. The minimum absolute atomic E-state index is 0.310. The van der Waals surface area contributed by atoms with Crippen molar-refractivity contribution >= 4 is 5.91 Å². The number of hydrogen-bond donors (Lipinski definition) is 1. The number of likely N-dealkylation sites (tertiary alicyclic amines) is 1. The van der Waals surface area contributed by atoms with E-state index in [-0.39, 0.29) is 0 Å². The fraction of sp³-hybridized carbons (Fsp3) is 0.692. The highest BCUT2D eigenvalue weighted by molar-refractivity contribution is 5.76. The first-order valence-electron chi connectivity index (χ1n) is 6.50. The third-order valence-corrected chi connectivity index (χ3v) is 3.57. The Bertz CT molecular complexity index is 378. The van der Waals surface area contributed by atoms with Gasteiger partial charge in [-0.15, -0.1) is 0 Å². The van der Waals surface area contributed by atoms with Crippen molar-refractivity contribution in [3.8, 4) is 0 Å². The summed E-state index contributed by atoms with van der Waals surface area (Å²) in [5, 5.41) is 0. The van der Waals surface area contributed by atoms with Crippen LogP contribution >= 0.6 is 0 Å². The van der Waals surface area contributed by atoms with Gasteiger partial charge in [0.05, 0.1) is 12.0 Å². The van der Waals surface area contributed by atoms with Crippen molar-refractivity contribution in [1.29, 1.82) is 0 Å². The Kier molecular flexibility index (Phi) is 3.82. The first-order valence-corrected chi connectivity index (χ1v) is 6.50. The Morgan fingerprint density at radius 3 is 2.76 bits per heavy atom. The van der Waals surface area contributed by atoms with Gasteiger partial charge in [-0.2, -0.15) is 0 Å². The zero-order valence-electron chi connectivity index (χ0n) is 10.7. The summed E-state index contributed by atoms with van der Waals surface area (Å²) in [6.07, 6.45) is 5.48. The minimum atomic E-state index is 0.310. The van der Waals surface area contributed by atoms with Crippen LogP contribution in [0.5, 0.6) is 0 Å². The van der Waals surface area contributed by atoms with Gasteiger partial charge in [0.15, 0.2) is 0 Å². The molecule has 1 aliphatic heterocycles. The first-order chi connectivity index (χ1) is 8.22. The van der Waals surface area contributed by atoms with E-state index >= 15 is 0 Å². The highest BCUT2D eigenvalue weighted by atomic mass is 16.2. The van der Waals surface area contributed by atoms with Crippen LogP contribution in [0, 0.1) is 6.92 Å². The largest absolute Gasteiger partial charge is 0.348 e. The zero-order chi connectivity index (χ0) is 12.3. The summed E-state index contributed by atoms with van der Waals surface area (Å²) in [5.74, 6) is 0.830. The second kappa shape index (κ2) is 5.34. The van der Waals surface area contributed by atoms with Gasteiger partial charge in [-0.1, -0.05) is 6.92 Å². The SMILES string of the molecule is CCCC(=O)N1CCC(c2nc[nH]c2C)CC1. The van der Waals surface area contributed by atoms with Gasteiger partial charge >= 0.3 is 0 Å². The number of aromatic nitrogens is 2. The third-order valence-electron chi connectivity index (χ3n) is 3.57. The number of nitrogens with zero attached hydrogens (tertiary/aromatic N) is 2. The van der Waals surface area contributed by atoms with E-state index in [0.717, 1.165) is 32.4 Å². The lowest BCUT2D eigenvalue weighted by molar-refractivity contribution is -0.132. The molecule has 0 atom stereocenters. The quantitative estimate of drug-likeness (QED) is 0.873. The van der Waals surface area contributed by atoms with E-state index in [1.807, 2.05) is 4.90 Å². The number of hydrogen-bond acceptors (Lipinski definition) is 2. The van der Waals surface area contributed by atoms with Crippen molar-refractivity contribution in [3.63, 3.8) is 0 Å². The standard InChI is InChI=1S/C13H21N3O/c1-3-4-12(17)16-7-5-11(6-8-16)13-10(2)14-9-15-13/h9,11H,3-8H2,1-2H3,(H,14,15). The molecule has 4 heteroatoms. The summed E-state index contributed by atoms with van der Waals surface area (Å²) in [6.45, 7) is 5.89. The zero-order valence-corrected chi connectivity index (χ0v) is 10.7. The van der Waals surface area contributed by atoms with E-state index < -0.39 is 0 Å². The van der Waals surface area contributed by atoms with Gasteiger partial charge in [-0.3, -0.25) is 4.79 Å². The summed E-state index contributed by atoms with van der Waals surface area (Å²) in [5.41, 5.74) is 2.36. The van der Waals surface area contributed by atoms with Crippen LogP contribution in [0.1, 0.15) is 49.9 Å². The average Bonchev–Trinajstić information content (AvgIpc) is 2.76. The van der Waals surface area contributed by atoms with Crippen LogP contribution in [0.2, 0.25) is 0 Å². The Hall–Kier alpha value is -1.32. The predicted molar refractivity (Wildman–Crippen MR) is 66.8 cm³/mol. The number of imidazole rings is 1. The second-order valence-corrected chi connectivity index (χ2v) is 4.82. The summed E-state index contributed by atoms with van der Waals surface area (Å²) in [6, 6.07) is 0. The van der Waals surface area contributed by atoms with Gasteiger partial charge in [0.1, 0.15) is 0 Å². The number of amides is 1. The highest BCUT2D eigenvalue weighted by Crippen LogP contribution is 2.28. The molecule has 1 aromatic heterocycles. The van der Waals surface area contributed by atoms with Crippen LogP contribution in [-0.4, -0.2) is 33.9 Å². The second-order valence-electron chi connectivity index (χ2n) is 4.82. The topological polar surface area (TPSA) is 49.0 Å². The first kappa shape index (κ1) is 12.1. The fourth-order valence-electron chi connectivity index (χ4n) is 2.56. The molecule has 94 valence electrons. The van der Waals surface area contributed by atoms with E-state index in [1.54, 1.807) is 6.33 Å². The molecule has 1 amide bonds. The van der Waals surface area contributed by atoms with Crippen molar-refractivity contribution < 1.29 is 4.79 Å². The van der Waals surface area contributed by atoms with Crippen LogP contribution < -0.4 is 0 Å². The molecular formula is C13H21N3O. The van der Waals surface area contributed by atoms with Gasteiger partial charge in [0, 0.05) is 31.1 Å². The Morgan fingerprint density at radius 2 is 2.24 bits per heavy atom. The van der Waals surface area contributed by atoms with Gasteiger partial charge in [-0.25, -0.2) is 4.98 Å². The Morgan fingerprint density at radius 1 is 1.53 bits per heavy atom. The lowest BCUT2D eigenvalue weighted by Gasteiger charge is -2.31. The lowest BCUT2D eigenvalue weighted by atomic mass is 9.92. The number of nitrogens with one attached hydrogen (secondary N) is 1. The van der Waals surface area contributed by atoms with Gasteiger partial charge < -0.3 is 9.88 Å². The van der Waals surface area contributed by atoms with Gasteiger partial charge in [0.2, 0.25) is 5.91 Å². The van der Waals surface area contributed by atoms with Crippen molar-refractivity contribution in [2.75, 3.05) is 13.1 Å². The van der Waals surface area contributed by atoms with Crippen LogP contribution in [0.25, 0.3) is 0 Å². The lowest BCUT2D eigenvalue weighted by Crippen LogP contribution is -2.37. The highest BCUT2D eigenvalue weighted by Gasteiger charge is 2.25. The molecule has 2 rings (SSSR count). The average molecular weight is 235 g/mol. The number of aryl methyl sites for hydroxylation is 1. The third kappa shape index (κ3) is 2.68. The normalized spacial score (nSPS) is 17.4. The maximum Gasteiger partial charge on any atom is 0.222 e. The summed E-state index contributed by atoms with van der Waals surface area (Å²) >= 11 is 0. The molecule has 1 aromatic rings.